The van der Waals surface area contributed by atoms with Gasteiger partial charge < -0.3 is 9.47 Å². The average molecular weight is 299 g/mol. The monoisotopic (exact) mass is 299 g/mol. The molecule has 8 heteroatoms. The summed E-state index contributed by atoms with van der Waals surface area (Å²) >= 11 is 1.51. The number of ether oxygens (including phenoxy) is 2. The molecule has 1 saturated heterocycles. The van der Waals surface area contributed by atoms with E-state index < -0.39 is 18.0 Å². The van der Waals surface area contributed by atoms with Crippen LogP contribution in [0.25, 0.3) is 0 Å². The normalized spacial score (nSPS) is 14.6. The molecule has 0 saturated carbocycles. The number of nitrogens with zero attached hydrogens (tertiary/aromatic N) is 1. The Morgan fingerprint density at radius 3 is 2.55 bits per heavy atom. The van der Waals surface area contributed by atoms with Gasteiger partial charge in [0.25, 0.3) is 11.8 Å². The van der Waals surface area contributed by atoms with Gasteiger partial charge in [0.1, 0.15) is 19.0 Å². The topological polar surface area (TPSA) is 82.1 Å². The predicted molar refractivity (Wildman–Crippen MR) is 68.1 cm³/mol. The van der Waals surface area contributed by atoms with E-state index in [1.54, 1.807) is 0 Å². The van der Waals surface area contributed by atoms with Crippen LogP contribution >= 0.6 is 11.3 Å². The highest BCUT2D eigenvalue weighted by atomic mass is 32.1. The standard InChI is InChI=1S/C12H13NO6S/c1-8-6-20-7-9(8)17-4-5-18-12(16)19-13-10(14)2-3-11(13)15/h6-7H,2-5H2,1H3. The third-order valence-corrected chi connectivity index (χ3v) is 3.38. The number of carbonyl (C=O) groups excluding carboxylic acids is 3. The Labute approximate surface area is 119 Å². The van der Waals surface area contributed by atoms with Gasteiger partial charge in [-0.1, -0.05) is 5.06 Å². The van der Waals surface area contributed by atoms with Gasteiger partial charge >= 0.3 is 6.16 Å². The van der Waals surface area contributed by atoms with Crippen molar-refractivity contribution in [2.45, 2.75) is 19.8 Å². The van der Waals surface area contributed by atoms with Gasteiger partial charge in [0.05, 0.1) is 0 Å². The fraction of sp³-hybridized carbons (Fsp3) is 0.417. The summed E-state index contributed by atoms with van der Waals surface area (Å²) in [6, 6.07) is 0. The number of aryl methyl sites for hydroxylation is 1. The van der Waals surface area contributed by atoms with E-state index in [2.05, 4.69) is 4.84 Å². The molecule has 0 radical (unpaired) electrons. The molecule has 20 heavy (non-hydrogen) atoms. The SMILES string of the molecule is Cc1cscc1OCCOC(=O)ON1C(=O)CCC1=O. The molecule has 108 valence electrons. The third-order valence-electron chi connectivity index (χ3n) is 2.54. The zero-order valence-electron chi connectivity index (χ0n) is 10.8. The fourth-order valence-electron chi connectivity index (χ4n) is 1.53. The Hall–Kier alpha value is -2.09. The van der Waals surface area contributed by atoms with Crippen molar-refractivity contribution in [2.24, 2.45) is 0 Å². The summed E-state index contributed by atoms with van der Waals surface area (Å²) in [5, 5.41) is 4.22. The summed E-state index contributed by atoms with van der Waals surface area (Å²) in [5.41, 5.74) is 1.01. The minimum atomic E-state index is -1.10. The number of amides is 2. The van der Waals surface area contributed by atoms with Crippen LogP contribution in [-0.2, 0) is 19.2 Å². The van der Waals surface area contributed by atoms with E-state index in [9.17, 15) is 14.4 Å². The van der Waals surface area contributed by atoms with Crippen molar-refractivity contribution >= 4 is 29.3 Å². The third kappa shape index (κ3) is 3.47. The van der Waals surface area contributed by atoms with Gasteiger partial charge in [-0.15, -0.1) is 11.3 Å². The number of hydroxylamine groups is 2. The second-order valence-corrected chi connectivity index (χ2v) is 4.78. The van der Waals surface area contributed by atoms with Crippen molar-refractivity contribution in [2.75, 3.05) is 13.2 Å². The molecule has 1 aromatic heterocycles. The van der Waals surface area contributed by atoms with Crippen molar-refractivity contribution in [3.05, 3.63) is 16.3 Å². The molecular weight excluding hydrogens is 286 g/mol. The zero-order valence-corrected chi connectivity index (χ0v) is 11.6. The lowest BCUT2D eigenvalue weighted by Crippen LogP contribution is -2.32. The van der Waals surface area contributed by atoms with Crippen LogP contribution in [0.2, 0.25) is 0 Å². The summed E-state index contributed by atoms with van der Waals surface area (Å²) in [4.78, 5) is 38.2. The average Bonchev–Trinajstić information content (AvgIpc) is 2.95. The van der Waals surface area contributed by atoms with E-state index in [-0.39, 0.29) is 26.1 Å². The number of imide groups is 1. The van der Waals surface area contributed by atoms with Crippen LogP contribution in [0.4, 0.5) is 4.79 Å². The Kier molecular flexibility index (Phi) is 4.57. The van der Waals surface area contributed by atoms with E-state index in [0.717, 1.165) is 11.3 Å². The van der Waals surface area contributed by atoms with E-state index in [1.807, 2.05) is 17.7 Å². The number of thiophene rings is 1. The maximum absolute atomic E-state index is 11.3. The van der Waals surface area contributed by atoms with Crippen LogP contribution in [0.1, 0.15) is 18.4 Å². The van der Waals surface area contributed by atoms with Gasteiger partial charge in [0, 0.05) is 23.8 Å². The number of carbonyl (C=O) groups is 3. The molecule has 1 aliphatic heterocycles. The maximum atomic E-state index is 11.3. The lowest BCUT2D eigenvalue weighted by molar-refractivity contribution is -0.177. The van der Waals surface area contributed by atoms with Crippen LogP contribution < -0.4 is 4.74 Å². The molecule has 0 atom stereocenters. The molecule has 0 bridgehead atoms. The Bertz CT molecular complexity index is 510. The Morgan fingerprint density at radius 1 is 1.25 bits per heavy atom. The van der Waals surface area contributed by atoms with Crippen molar-refractivity contribution in [3.63, 3.8) is 0 Å². The van der Waals surface area contributed by atoms with E-state index in [1.165, 1.54) is 11.3 Å². The van der Waals surface area contributed by atoms with Gasteiger partial charge in [0.15, 0.2) is 0 Å². The lowest BCUT2D eigenvalue weighted by atomic mass is 10.4. The summed E-state index contributed by atoms with van der Waals surface area (Å²) in [6.07, 6.45) is -1.00. The zero-order chi connectivity index (χ0) is 14.5. The molecule has 0 aromatic carbocycles. The van der Waals surface area contributed by atoms with Gasteiger partial charge in [0.2, 0.25) is 0 Å². The van der Waals surface area contributed by atoms with Crippen LogP contribution in [-0.4, -0.2) is 36.2 Å². The first kappa shape index (κ1) is 14.3. The highest BCUT2D eigenvalue weighted by Gasteiger charge is 2.33. The van der Waals surface area contributed by atoms with Crippen molar-refractivity contribution in [1.29, 1.82) is 0 Å². The molecule has 2 rings (SSSR count). The number of rotatable bonds is 5. The van der Waals surface area contributed by atoms with Crippen molar-refractivity contribution in [3.8, 4) is 5.75 Å². The minimum absolute atomic E-state index is 0.0374. The number of hydrogen-bond acceptors (Lipinski definition) is 7. The predicted octanol–water partition coefficient (Wildman–Crippen LogP) is 1.65. The lowest BCUT2D eigenvalue weighted by Gasteiger charge is -2.12. The molecule has 2 heterocycles. The molecular formula is C12H13NO6S. The van der Waals surface area contributed by atoms with Crippen molar-refractivity contribution < 1.29 is 28.7 Å². The molecule has 0 N–H and O–H groups in total. The number of hydrogen-bond donors (Lipinski definition) is 0. The Morgan fingerprint density at radius 2 is 1.95 bits per heavy atom. The summed E-state index contributed by atoms with van der Waals surface area (Å²) in [7, 11) is 0. The molecule has 0 spiro atoms. The van der Waals surface area contributed by atoms with Crippen LogP contribution in [0.5, 0.6) is 5.75 Å². The smallest absolute Gasteiger partial charge is 0.489 e. The summed E-state index contributed by atoms with van der Waals surface area (Å²) in [6.45, 7) is 2.03. The largest absolute Gasteiger partial charge is 0.534 e. The first-order valence-electron chi connectivity index (χ1n) is 5.94. The van der Waals surface area contributed by atoms with Crippen LogP contribution in [0, 0.1) is 6.92 Å². The van der Waals surface area contributed by atoms with E-state index in [4.69, 9.17) is 9.47 Å². The molecule has 1 fully saturated rings. The quantitative estimate of drug-likeness (QED) is 0.467. The summed E-state index contributed by atoms with van der Waals surface area (Å²) in [5.74, 6) is -0.355. The molecule has 0 aliphatic carbocycles. The second-order valence-electron chi connectivity index (χ2n) is 4.04. The van der Waals surface area contributed by atoms with Crippen LogP contribution in [0.15, 0.2) is 10.8 Å². The molecule has 1 aliphatic rings. The minimum Gasteiger partial charge on any atom is -0.489 e. The first-order valence-corrected chi connectivity index (χ1v) is 6.88. The second kappa shape index (κ2) is 6.38. The maximum Gasteiger partial charge on any atom is 0.534 e. The van der Waals surface area contributed by atoms with Gasteiger partial charge in [-0.3, -0.25) is 14.4 Å². The highest BCUT2D eigenvalue weighted by molar-refractivity contribution is 7.08. The fourth-order valence-corrected chi connectivity index (χ4v) is 2.30. The Balaban J connectivity index is 1.67. The molecule has 1 aromatic rings. The highest BCUT2D eigenvalue weighted by Crippen LogP contribution is 2.21. The van der Waals surface area contributed by atoms with Crippen molar-refractivity contribution in [1.82, 2.24) is 5.06 Å². The van der Waals surface area contributed by atoms with Gasteiger partial charge in [-0.2, -0.15) is 0 Å². The molecule has 0 unspecified atom stereocenters. The van der Waals surface area contributed by atoms with E-state index in [0.29, 0.717) is 5.06 Å². The van der Waals surface area contributed by atoms with Gasteiger partial charge in [-0.05, 0) is 12.3 Å². The molecule has 2 amide bonds. The van der Waals surface area contributed by atoms with Gasteiger partial charge in [-0.25, -0.2) is 4.79 Å². The molecule has 7 nitrogen and oxygen atoms in total. The first-order chi connectivity index (χ1) is 9.58. The summed E-state index contributed by atoms with van der Waals surface area (Å²) < 4.78 is 10.1. The van der Waals surface area contributed by atoms with Crippen LogP contribution in [0.3, 0.4) is 0 Å². The van der Waals surface area contributed by atoms with E-state index >= 15 is 0 Å².